The maximum absolute atomic E-state index is 11.8. The number of methoxy groups -OCH3 is 1. The van der Waals surface area contributed by atoms with Gasteiger partial charge in [0.15, 0.2) is 0 Å². The molecule has 1 fully saturated rings. The summed E-state index contributed by atoms with van der Waals surface area (Å²) in [6.45, 7) is 6.63. The van der Waals surface area contributed by atoms with Crippen LogP contribution in [-0.4, -0.2) is 24.0 Å². The molecule has 0 aliphatic carbocycles. The fraction of sp³-hybridized carbons (Fsp3) is 0.286. The number of carbonyl (C=O) groups is 1. The summed E-state index contributed by atoms with van der Waals surface area (Å²) in [5, 5.41) is 3.05. The van der Waals surface area contributed by atoms with E-state index in [1.54, 1.807) is 7.11 Å². The van der Waals surface area contributed by atoms with Gasteiger partial charge >= 0.3 is 0 Å². The molecule has 1 aliphatic rings. The number of nitrogens with zero attached hydrogens (tertiary/aromatic N) is 1. The summed E-state index contributed by atoms with van der Waals surface area (Å²) in [6.07, 6.45) is 3.48. The zero-order valence-corrected chi connectivity index (χ0v) is 19.2. The first-order chi connectivity index (χ1) is 15.3. The average molecular weight is 427 g/mol. The normalized spacial score (nSPS) is 16.7. The second kappa shape index (κ2) is 8.99. The number of nitrogens with one attached hydrogen (secondary N) is 1. The summed E-state index contributed by atoms with van der Waals surface area (Å²) < 4.78 is 5.67. The fourth-order valence-corrected chi connectivity index (χ4v) is 4.03. The van der Waals surface area contributed by atoms with E-state index in [4.69, 9.17) is 9.72 Å². The second-order valence-electron chi connectivity index (χ2n) is 9.24. The van der Waals surface area contributed by atoms with Crippen molar-refractivity contribution in [2.75, 3.05) is 7.11 Å². The van der Waals surface area contributed by atoms with Crippen LogP contribution in [0, 0.1) is 0 Å². The molecule has 4 nitrogen and oxygen atoms in total. The van der Waals surface area contributed by atoms with Crippen LogP contribution in [0.5, 0.6) is 5.88 Å². The molecule has 1 amide bonds. The highest BCUT2D eigenvalue weighted by atomic mass is 16.5. The first-order valence-electron chi connectivity index (χ1n) is 11.1. The van der Waals surface area contributed by atoms with Crippen molar-refractivity contribution < 1.29 is 9.53 Å². The molecule has 0 saturated carbocycles. The minimum Gasteiger partial charge on any atom is -0.481 e. The van der Waals surface area contributed by atoms with Crippen molar-refractivity contribution in [1.82, 2.24) is 10.3 Å². The number of pyridine rings is 1. The van der Waals surface area contributed by atoms with Crippen LogP contribution in [0.3, 0.4) is 0 Å². The van der Waals surface area contributed by atoms with Crippen LogP contribution in [0.25, 0.3) is 16.7 Å². The van der Waals surface area contributed by atoms with Crippen LogP contribution in [0.4, 0.5) is 0 Å². The van der Waals surface area contributed by atoms with Crippen molar-refractivity contribution in [1.29, 1.82) is 0 Å². The molecule has 1 aromatic heterocycles. The minimum absolute atomic E-state index is 0.00128. The molecule has 0 bridgehead atoms. The molecule has 164 valence electrons. The third kappa shape index (κ3) is 4.75. The van der Waals surface area contributed by atoms with Crippen molar-refractivity contribution >= 4 is 11.5 Å². The van der Waals surface area contributed by atoms with Crippen LogP contribution >= 0.6 is 0 Å². The molecule has 2 heterocycles. The molecule has 4 rings (SSSR count). The molecule has 32 heavy (non-hydrogen) atoms. The predicted molar refractivity (Wildman–Crippen MR) is 130 cm³/mol. The van der Waals surface area contributed by atoms with Gasteiger partial charge in [-0.15, -0.1) is 0 Å². The Kier molecular flexibility index (Phi) is 6.13. The largest absolute Gasteiger partial charge is 0.481 e. The van der Waals surface area contributed by atoms with Crippen molar-refractivity contribution in [3.63, 3.8) is 0 Å². The molecule has 0 unspecified atom stereocenters. The average Bonchev–Trinajstić information content (AvgIpc) is 3.22. The van der Waals surface area contributed by atoms with Gasteiger partial charge in [0, 0.05) is 23.6 Å². The monoisotopic (exact) mass is 426 g/mol. The van der Waals surface area contributed by atoms with E-state index in [2.05, 4.69) is 74.6 Å². The molecule has 0 radical (unpaired) electrons. The minimum atomic E-state index is 0.00128. The van der Waals surface area contributed by atoms with Gasteiger partial charge in [-0.1, -0.05) is 81.4 Å². The van der Waals surface area contributed by atoms with Crippen molar-refractivity contribution in [3.8, 4) is 17.0 Å². The first kappa shape index (κ1) is 21.8. The molecule has 1 saturated heterocycles. The third-order valence-electron chi connectivity index (χ3n) is 5.87. The number of ether oxygens (including phenoxy) is 1. The number of benzene rings is 2. The summed E-state index contributed by atoms with van der Waals surface area (Å²) in [5.41, 5.74) is 6.27. The Morgan fingerprint density at radius 1 is 1.03 bits per heavy atom. The quantitative estimate of drug-likeness (QED) is 0.564. The Morgan fingerprint density at radius 3 is 2.34 bits per heavy atom. The molecular formula is C28H30N2O2. The summed E-state index contributed by atoms with van der Waals surface area (Å²) in [7, 11) is 1.65. The maximum Gasteiger partial charge on any atom is 0.221 e. The van der Waals surface area contributed by atoms with Gasteiger partial charge in [0.2, 0.25) is 11.8 Å². The van der Waals surface area contributed by atoms with Gasteiger partial charge in [-0.2, -0.15) is 0 Å². The summed E-state index contributed by atoms with van der Waals surface area (Å²) in [6, 6.07) is 22.8. The van der Waals surface area contributed by atoms with E-state index >= 15 is 0 Å². The molecule has 1 aliphatic heterocycles. The topological polar surface area (TPSA) is 51.2 Å². The zero-order valence-electron chi connectivity index (χ0n) is 19.2. The van der Waals surface area contributed by atoms with Crippen molar-refractivity contribution in [2.24, 2.45) is 0 Å². The molecule has 4 heteroatoms. The Hall–Kier alpha value is -3.40. The van der Waals surface area contributed by atoms with E-state index in [0.717, 1.165) is 34.4 Å². The second-order valence-corrected chi connectivity index (χ2v) is 9.24. The highest BCUT2D eigenvalue weighted by Gasteiger charge is 2.22. The lowest BCUT2D eigenvalue weighted by atomic mass is 9.86. The summed E-state index contributed by atoms with van der Waals surface area (Å²) in [5.74, 6) is 0.681. The van der Waals surface area contributed by atoms with Crippen molar-refractivity contribution in [3.05, 3.63) is 89.6 Å². The zero-order chi connectivity index (χ0) is 22.7. The summed E-state index contributed by atoms with van der Waals surface area (Å²) >= 11 is 0. The van der Waals surface area contributed by atoms with Crippen LogP contribution in [0.15, 0.2) is 72.8 Å². The fourth-order valence-electron chi connectivity index (χ4n) is 4.03. The van der Waals surface area contributed by atoms with E-state index in [1.807, 2.05) is 24.3 Å². The Morgan fingerprint density at radius 2 is 1.75 bits per heavy atom. The van der Waals surface area contributed by atoms with E-state index in [-0.39, 0.29) is 17.4 Å². The lowest BCUT2D eigenvalue weighted by Gasteiger charge is -2.20. The first-order valence-corrected chi connectivity index (χ1v) is 11.1. The van der Waals surface area contributed by atoms with Crippen LogP contribution in [-0.2, 0) is 10.2 Å². The number of hydrogen-bond donors (Lipinski definition) is 1. The number of carbonyl (C=O) groups excluding carboxylic acids is 1. The Bertz CT molecular complexity index is 1130. The number of hydrogen-bond acceptors (Lipinski definition) is 3. The van der Waals surface area contributed by atoms with E-state index in [0.29, 0.717) is 12.3 Å². The highest BCUT2D eigenvalue weighted by molar-refractivity contribution is 5.83. The lowest BCUT2D eigenvalue weighted by molar-refractivity contribution is -0.119. The predicted octanol–water partition coefficient (Wildman–Crippen LogP) is 5.77. The van der Waals surface area contributed by atoms with Gasteiger partial charge in [-0.05, 0) is 40.7 Å². The van der Waals surface area contributed by atoms with Gasteiger partial charge in [0.1, 0.15) is 0 Å². The molecule has 1 N–H and O–H groups in total. The van der Waals surface area contributed by atoms with Crippen LogP contribution < -0.4 is 10.1 Å². The number of amides is 1. The lowest BCUT2D eigenvalue weighted by Crippen LogP contribution is -2.23. The standard InChI is InChI=1S/C28H30N2O2/c1-28(2,3)21-12-10-20(11-13-21)24(18-22-14-17-26(31)29-22)25-16-15-23(27(30-25)32-4)19-8-6-5-7-9-19/h5-13,15-16,18,22H,14,17H2,1-4H3,(H,29,31)/t22-/m1/s1. The molecule has 3 aromatic rings. The molecule has 1 atom stereocenters. The van der Waals surface area contributed by atoms with E-state index < -0.39 is 0 Å². The molecule has 2 aromatic carbocycles. The van der Waals surface area contributed by atoms with Gasteiger partial charge in [-0.3, -0.25) is 4.79 Å². The SMILES string of the molecule is COc1nc(C(=C[C@H]2CCC(=O)N2)c2ccc(C(C)(C)C)cc2)ccc1-c1ccccc1. The maximum atomic E-state index is 11.8. The molecular weight excluding hydrogens is 396 g/mol. The highest BCUT2D eigenvalue weighted by Crippen LogP contribution is 2.33. The van der Waals surface area contributed by atoms with E-state index in [1.165, 1.54) is 5.56 Å². The smallest absolute Gasteiger partial charge is 0.221 e. The summed E-state index contributed by atoms with van der Waals surface area (Å²) in [4.78, 5) is 16.7. The van der Waals surface area contributed by atoms with Gasteiger partial charge in [0.05, 0.1) is 12.8 Å². The van der Waals surface area contributed by atoms with Gasteiger partial charge in [0.25, 0.3) is 0 Å². The van der Waals surface area contributed by atoms with Crippen molar-refractivity contribution in [2.45, 2.75) is 45.1 Å². The molecule has 0 spiro atoms. The van der Waals surface area contributed by atoms with Crippen LogP contribution in [0.1, 0.15) is 50.4 Å². The Labute approximate surface area is 190 Å². The Balaban J connectivity index is 1.78. The number of rotatable bonds is 5. The van der Waals surface area contributed by atoms with Crippen LogP contribution in [0.2, 0.25) is 0 Å². The number of aromatic nitrogens is 1. The third-order valence-corrected chi connectivity index (χ3v) is 5.87. The van der Waals surface area contributed by atoms with E-state index in [9.17, 15) is 4.79 Å². The van der Waals surface area contributed by atoms with Gasteiger partial charge in [-0.25, -0.2) is 4.98 Å². The van der Waals surface area contributed by atoms with Gasteiger partial charge < -0.3 is 10.1 Å².